The molecule has 0 aliphatic carbocycles. The number of carbonyl (C=O) groups excluding carboxylic acids is 2. The van der Waals surface area contributed by atoms with Gasteiger partial charge in [0.15, 0.2) is 5.13 Å². The number of thiophene rings is 1. The van der Waals surface area contributed by atoms with Crippen molar-refractivity contribution in [3.63, 3.8) is 0 Å². The summed E-state index contributed by atoms with van der Waals surface area (Å²) >= 11 is 1.78. The Morgan fingerprint density at radius 3 is 2.32 bits per heavy atom. The molecule has 0 saturated heterocycles. The zero-order valence-corrected chi connectivity index (χ0v) is 19.0. The average Bonchev–Trinajstić information content (AvgIpc) is 3.48. The molecule has 2 N–H and O–H groups in total. The number of rotatable bonds is 7. The van der Waals surface area contributed by atoms with Crippen LogP contribution < -0.4 is 15.4 Å². The lowest BCUT2D eigenvalue weighted by molar-refractivity contribution is -0.380. The lowest BCUT2D eigenvalue weighted by atomic mass is 10.1. The van der Waals surface area contributed by atoms with Crippen molar-refractivity contribution in [1.82, 2.24) is 10.3 Å². The number of benzene rings is 2. The minimum Gasteiger partial charge on any atom is -0.444 e. The summed E-state index contributed by atoms with van der Waals surface area (Å²) in [5, 5.41) is 16.4. The highest BCUT2D eigenvalue weighted by Crippen LogP contribution is 2.41. The molecule has 0 aliphatic rings. The van der Waals surface area contributed by atoms with Crippen molar-refractivity contribution >= 4 is 44.6 Å². The highest BCUT2D eigenvalue weighted by molar-refractivity contribution is 7.19. The van der Waals surface area contributed by atoms with E-state index in [9.17, 15) is 24.1 Å². The fourth-order valence-electron chi connectivity index (χ4n) is 2.85. The van der Waals surface area contributed by atoms with Crippen LogP contribution in [0.3, 0.4) is 0 Å². The minimum atomic E-state index is -0.569. The molecular formula is C22H15FN4O5S2. The first kappa shape index (κ1) is 23.0. The van der Waals surface area contributed by atoms with E-state index >= 15 is 0 Å². The number of nitrogens with one attached hydrogen (secondary N) is 2. The van der Waals surface area contributed by atoms with Crippen molar-refractivity contribution in [2.75, 3.05) is 12.4 Å². The first-order valence-corrected chi connectivity index (χ1v) is 11.3. The van der Waals surface area contributed by atoms with Crippen LogP contribution >= 0.6 is 22.7 Å². The third-order valence-corrected chi connectivity index (χ3v) is 6.37. The summed E-state index contributed by atoms with van der Waals surface area (Å²) in [6.45, 7) is 0. The second-order valence-corrected chi connectivity index (χ2v) is 8.74. The molecule has 0 spiro atoms. The van der Waals surface area contributed by atoms with E-state index in [-0.39, 0.29) is 20.9 Å². The fraction of sp³-hybridized carbons (Fsp3) is 0.0455. The van der Waals surface area contributed by atoms with E-state index in [0.29, 0.717) is 27.6 Å². The number of hydrogen-bond donors (Lipinski definition) is 2. The zero-order valence-electron chi connectivity index (χ0n) is 17.4. The summed E-state index contributed by atoms with van der Waals surface area (Å²) in [6.07, 6.45) is 0. The molecule has 0 bridgehead atoms. The first-order chi connectivity index (χ1) is 16.3. The number of nitrogens with zero attached hydrogens (tertiary/aromatic N) is 2. The average molecular weight is 499 g/mol. The number of amides is 2. The number of ether oxygens (including phenoxy) is 1. The van der Waals surface area contributed by atoms with Crippen molar-refractivity contribution in [2.45, 2.75) is 0 Å². The number of thiazole rings is 1. The number of halogens is 1. The summed E-state index contributed by atoms with van der Waals surface area (Å²) in [7, 11) is 1.53. The molecule has 0 saturated carbocycles. The van der Waals surface area contributed by atoms with Gasteiger partial charge in [-0.1, -0.05) is 34.8 Å². The van der Waals surface area contributed by atoms with Crippen LogP contribution in [0.2, 0.25) is 0 Å². The van der Waals surface area contributed by atoms with Crippen molar-refractivity contribution in [2.24, 2.45) is 0 Å². The number of hydrogen-bond acceptors (Lipinski definition) is 8. The Kier molecular flexibility index (Phi) is 6.61. The van der Waals surface area contributed by atoms with Crippen LogP contribution in [0.1, 0.15) is 20.0 Å². The summed E-state index contributed by atoms with van der Waals surface area (Å²) in [5.74, 6) is -0.855. The maximum absolute atomic E-state index is 13.3. The molecule has 172 valence electrons. The Morgan fingerprint density at radius 2 is 1.71 bits per heavy atom. The Morgan fingerprint density at radius 1 is 1.00 bits per heavy atom. The van der Waals surface area contributed by atoms with Gasteiger partial charge < -0.3 is 10.1 Å². The van der Waals surface area contributed by atoms with Gasteiger partial charge in [-0.3, -0.25) is 25.0 Å². The minimum absolute atomic E-state index is 0.151. The van der Waals surface area contributed by atoms with Crippen molar-refractivity contribution in [1.29, 1.82) is 0 Å². The highest BCUT2D eigenvalue weighted by atomic mass is 32.1. The first-order valence-electron chi connectivity index (χ1n) is 9.66. The maximum Gasteiger partial charge on any atom is 0.324 e. The van der Waals surface area contributed by atoms with Crippen molar-refractivity contribution < 1.29 is 23.6 Å². The quantitative estimate of drug-likeness (QED) is 0.262. The van der Waals surface area contributed by atoms with E-state index in [4.69, 9.17) is 4.74 Å². The third-order valence-electron chi connectivity index (χ3n) is 4.48. The predicted octanol–water partition coefficient (Wildman–Crippen LogP) is 5.32. The van der Waals surface area contributed by atoms with Gasteiger partial charge in [0, 0.05) is 24.2 Å². The van der Waals surface area contributed by atoms with Gasteiger partial charge in [-0.25, -0.2) is 9.37 Å². The van der Waals surface area contributed by atoms with Crippen LogP contribution in [0.4, 0.5) is 14.5 Å². The Balaban J connectivity index is 1.65. The molecule has 4 aromatic rings. The van der Waals surface area contributed by atoms with Crippen LogP contribution in [-0.2, 0) is 0 Å². The number of anilines is 1. The SMILES string of the molecule is CNC(=O)c1ccc(-c2nc(NC(=O)c3ccc([N+](=O)[O-])s3)sc2Oc2ccc(F)cc2)cc1. The second-order valence-electron chi connectivity index (χ2n) is 6.72. The van der Waals surface area contributed by atoms with Gasteiger partial charge in [0.25, 0.3) is 11.8 Å². The molecule has 0 atom stereocenters. The Labute approximate surface area is 200 Å². The van der Waals surface area contributed by atoms with E-state index in [1.54, 1.807) is 24.3 Å². The third kappa shape index (κ3) is 5.08. The highest BCUT2D eigenvalue weighted by Gasteiger charge is 2.20. The van der Waals surface area contributed by atoms with Gasteiger partial charge >= 0.3 is 5.00 Å². The molecule has 0 fully saturated rings. The molecule has 12 heteroatoms. The molecular weight excluding hydrogens is 483 g/mol. The van der Waals surface area contributed by atoms with Crippen molar-refractivity contribution in [3.8, 4) is 22.1 Å². The van der Waals surface area contributed by atoms with E-state index in [0.717, 1.165) is 22.7 Å². The van der Waals surface area contributed by atoms with Gasteiger partial charge in [0.05, 0.1) is 9.80 Å². The standard InChI is InChI=1S/C22H15FN4O5S2/c1-24-19(28)13-4-2-12(3-5-13)18-21(32-15-8-6-14(23)7-9-15)34-22(25-18)26-20(29)16-10-11-17(33-16)27(30)31/h2-11H,1H3,(H,24,28)(H,25,26,29). The lowest BCUT2D eigenvalue weighted by Crippen LogP contribution is -2.17. The summed E-state index contributed by atoms with van der Waals surface area (Å²) in [4.78, 5) is 39.3. The van der Waals surface area contributed by atoms with Crippen LogP contribution in [0.5, 0.6) is 10.8 Å². The Bertz CT molecular complexity index is 1370. The van der Waals surface area contributed by atoms with Crippen LogP contribution in [0.15, 0.2) is 60.7 Å². The topological polar surface area (TPSA) is 123 Å². The normalized spacial score (nSPS) is 10.5. The molecule has 4 rings (SSSR count). The zero-order chi connectivity index (χ0) is 24.2. The summed E-state index contributed by atoms with van der Waals surface area (Å²) in [6, 6.07) is 14.6. The molecule has 2 aromatic carbocycles. The molecule has 9 nitrogen and oxygen atoms in total. The monoisotopic (exact) mass is 498 g/mol. The predicted molar refractivity (Wildman–Crippen MR) is 126 cm³/mol. The molecule has 0 unspecified atom stereocenters. The van der Waals surface area contributed by atoms with Crippen LogP contribution in [-0.4, -0.2) is 28.8 Å². The molecule has 2 amide bonds. The molecule has 2 heterocycles. The molecule has 0 aliphatic heterocycles. The summed E-state index contributed by atoms with van der Waals surface area (Å²) in [5.41, 5.74) is 1.47. The number of carbonyl (C=O) groups is 2. The molecule has 2 aromatic heterocycles. The summed E-state index contributed by atoms with van der Waals surface area (Å²) < 4.78 is 19.2. The fourth-order valence-corrected chi connectivity index (χ4v) is 4.42. The molecule has 0 radical (unpaired) electrons. The maximum atomic E-state index is 13.3. The van der Waals surface area contributed by atoms with E-state index in [1.165, 1.54) is 43.4 Å². The van der Waals surface area contributed by atoms with Gasteiger partial charge in [-0.05, 0) is 42.5 Å². The van der Waals surface area contributed by atoms with E-state index < -0.39 is 16.6 Å². The molecule has 34 heavy (non-hydrogen) atoms. The van der Waals surface area contributed by atoms with Gasteiger partial charge in [-0.15, -0.1) is 0 Å². The van der Waals surface area contributed by atoms with Gasteiger partial charge in [0.2, 0.25) is 5.06 Å². The largest absolute Gasteiger partial charge is 0.444 e. The lowest BCUT2D eigenvalue weighted by Gasteiger charge is -2.06. The Hall–Kier alpha value is -4.16. The van der Waals surface area contributed by atoms with Crippen LogP contribution in [0, 0.1) is 15.9 Å². The number of nitro groups is 1. The van der Waals surface area contributed by atoms with Gasteiger partial charge in [-0.2, -0.15) is 0 Å². The smallest absolute Gasteiger partial charge is 0.324 e. The van der Waals surface area contributed by atoms with E-state index in [1.807, 2.05) is 0 Å². The van der Waals surface area contributed by atoms with Crippen molar-refractivity contribution in [3.05, 3.63) is 87.0 Å². The van der Waals surface area contributed by atoms with E-state index in [2.05, 4.69) is 15.6 Å². The van der Waals surface area contributed by atoms with Crippen LogP contribution in [0.25, 0.3) is 11.3 Å². The number of aromatic nitrogens is 1. The second kappa shape index (κ2) is 9.77. The van der Waals surface area contributed by atoms with Gasteiger partial charge in [0.1, 0.15) is 17.3 Å².